The Morgan fingerprint density at radius 1 is 0.935 bits per heavy atom. The second kappa shape index (κ2) is 14.0. The number of nitrogens with zero attached hydrogens (tertiary/aromatic N) is 5. The van der Waals surface area contributed by atoms with Gasteiger partial charge in [0.25, 0.3) is 0 Å². The molecule has 0 radical (unpaired) electrons. The zero-order valence-electron chi connectivity index (χ0n) is 24.7. The van der Waals surface area contributed by atoms with E-state index in [0.717, 1.165) is 23.2 Å². The van der Waals surface area contributed by atoms with Crippen molar-refractivity contribution in [1.82, 2.24) is 24.9 Å². The van der Waals surface area contributed by atoms with Gasteiger partial charge in [-0.2, -0.15) is 18.3 Å². The van der Waals surface area contributed by atoms with Crippen LogP contribution in [0.25, 0.3) is 34.0 Å². The summed E-state index contributed by atoms with van der Waals surface area (Å²) in [7, 11) is 0. The molecule has 242 valence electrons. The van der Waals surface area contributed by atoms with Crippen LogP contribution in [-0.4, -0.2) is 57.3 Å². The SMILES string of the molecule is CCCOCCOC(=O)C(c1cc(-c2ccc(OCCC)cc2C(F)(F)F)no1)n1cc2nc(-c3cccc(F)c3F)nc-2cn1. The quantitative estimate of drug-likeness (QED) is 0.0780. The average molecular weight is 646 g/mol. The van der Waals surface area contributed by atoms with Crippen molar-refractivity contribution in [2.45, 2.75) is 38.9 Å². The lowest BCUT2D eigenvalue weighted by molar-refractivity contribution is -0.148. The highest BCUT2D eigenvalue weighted by atomic mass is 19.4. The average Bonchev–Trinajstić information content (AvgIpc) is 3.68. The molecule has 2 aromatic carbocycles. The van der Waals surface area contributed by atoms with E-state index in [2.05, 4.69) is 20.2 Å². The van der Waals surface area contributed by atoms with E-state index in [-0.39, 0.29) is 65.4 Å². The van der Waals surface area contributed by atoms with Crippen molar-refractivity contribution in [3.05, 3.63) is 77.8 Å². The topological polar surface area (TPSA) is 114 Å². The summed E-state index contributed by atoms with van der Waals surface area (Å²) in [5, 5.41) is 8.05. The van der Waals surface area contributed by atoms with Crippen LogP contribution in [0.1, 0.15) is 44.1 Å². The van der Waals surface area contributed by atoms with Crippen molar-refractivity contribution in [2.24, 2.45) is 0 Å². The monoisotopic (exact) mass is 645 g/mol. The predicted molar refractivity (Wildman–Crippen MR) is 153 cm³/mol. The Kier molecular flexibility index (Phi) is 9.90. The minimum atomic E-state index is -4.76. The number of aromatic nitrogens is 5. The van der Waals surface area contributed by atoms with Gasteiger partial charge in [-0.05, 0) is 43.2 Å². The molecule has 0 saturated carbocycles. The van der Waals surface area contributed by atoms with Crippen LogP contribution in [0.4, 0.5) is 22.0 Å². The van der Waals surface area contributed by atoms with Crippen molar-refractivity contribution >= 4 is 5.97 Å². The summed E-state index contributed by atoms with van der Waals surface area (Å²) in [4.78, 5) is 21.9. The molecule has 1 unspecified atom stereocenters. The van der Waals surface area contributed by atoms with Crippen LogP contribution in [0.5, 0.6) is 5.75 Å². The molecule has 46 heavy (non-hydrogen) atoms. The number of fused-ring (bicyclic) bond motifs is 1. The maximum atomic E-state index is 14.4. The lowest BCUT2D eigenvalue weighted by atomic mass is 10.0. The van der Waals surface area contributed by atoms with Crippen LogP contribution >= 0.6 is 0 Å². The molecule has 3 aromatic rings. The van der Waals surface area contributed by atoms with Crippen LogP contribution in [0.15, 0.2) is 59.4 Å². The van der Waals surface area contributed by atoms with Gasteiger partial charge in [0.15, 0.2) is 23.2 Å². The van der Waals surface area contributed by atoms with E-state index in [1.54, 1.807) is 0 Å². The first-order valence-corrected chi connectivity index (χ1v) is 14.3. The fraction of sp³-hybridized carbons (Fsp3) is 0.323. The second-order valence-electron chi connectivity index (χ2n) is 10.0. The summed E-state index contributed by atoms with van der Waals surface area (Å²) >= 11 is 0. The van der Waals surface area contributed by atoms with E-state index in [1.807, 2.05) is 13.8 Å². The molecule has 0 aliphatic carbocycles. The minimum absolute atomic E-state index is 0.0368. The summed E-state index contributed by atoms with van der Waals surface area (Å²) in [5.41, 5.74) is -1.34. The molecule has 1 atom stereocenters. The Hall–Kier alpha value is -4.92. The maximum Gasteiger partial charge on any atom is 0.417 e. The smallest absolute Gasteiger partial charge is 0.417 e. The molecule has 10 nitrogen and oxygen atoms in total. The number of ether oxygens (including phenoxy) is 3. The summed E-state index contributed by atoms with van der Waals surface area (Å²) in [6.45, 7) is 4.40. The predicted octanol–water partition coefficient (Wildman–Crippen LogP) is 6.74. The number of rotatable bonds is 13. The van der Waals surface area contributed by atoms with Gasteiger partial charge in [-0.3, -0.25) is 0 Å². The normalized spacial score (nSPS) is 12.4. The van der Waals surface area contributed by atoms with E-state index >= 15 is 0 Å². The van der Waals surface area contributed by atoms with Gasteiger partial charge in [-0.15, -0.1) is 0 Å². The fourth-order valence-electron chi connectivity index (χ4n) is 4.49. The molecule has 0 spiro atoms. The Morgan fingerprint density at radius 2 is 1.72 bits per heavy atom. The van der Waals surface area contributed by atoms with Crippen LogP contribution in [0, 0.1) is 11.6 Å². The number of imidazole rings is 1. The number of carbonyl (C=O) groups excluding carboxylic acids is 1. The lowest BCUT2D eigenvalue weighted by Crippen LogP contribution is -2.26. The largest absolute Gasteiger partial charge is 0.494 e. The second-order valence-corrected chi connectivity index (χ2v) is 10.0. The number of carbonyl (C=O) groups is 1. The number of hydrogen-bond donors (Lipinski definition) is 0. The van der Waals surface area contributed by atoms with Gasteiger partial charge in [0, 0.05) is 18.2 Å². The summed E-state index contributed by atoms with van der Waals surface area (Å²) in [5.74, 6) is -3.37. The van der Waals surface area contributed by atoms with Crippen molar-refractivity contribution in [3.8, 4) is 39.8 Å². The van der Waals surface area contributed by atoms with Gasteiger partial charge >= 0.3 is 12.1 Å². The third kappa shape index (κ3) is 7.14. The molecular weight excluding hydrogens is 617 g/mol. The highest BCUT2D eigenvalue weighted by molar-refractivity contribution is 5.78. The fourth-order valence-corrected chi connectivity index (χ4v) is 4.49. The van der Waals surface area contributed by atoms with Gasteiger partial charge in [0.2, 0.25) is 6.04 Å². The summed E-state index contributed by atoms with van der Waals surface area (Å²) in [6.07, 6.45) is -0.860. The zero-order chi connectivity index (χ0) is 32.8. The van der Waals surface area contributed by atoms with E-state index < -0.39 is 35.4 Å². The molecule has 0 amide bonds. The highest BCUT2D eigenvalue weighted by Gasteiger charge is 2.36. The molecule has 0 saturated heterocycles. The third-order valence-corrected chi connectivity index (χ3v) is 6.63. The number of halogens is 5. The number of hydrogen-bond acceptors (Lipinski definition) is 9. The Labute approximate surface area is 259 Å². The van der Waals surface area contributed by atoms with Gasteiger partial charge in [0.1, 0.15) is 29.4 Å². The van der Waals surface area contributed by atoms with Crippen LogP contribution in [-0.2, 0) is 20.4 Å². The Bertz CT molecular complexity index is 1770. The van der Waals surface area contributed by atoms with Crippen molar-refractivity contribution in [2.75, 3.05) is 26.4 Å². The van der Waals surface area contributed by atoms with E-state index in [0.29, 0.717) is 13.0 Å². The van der Waals surface area contributed by atoms with Gasteiger partial charge in [0.05, 0.1) is 36.7 Å². The molecule has 3 heterocycles. The minimum Gasteiger partial charge on any atom is -0.494 e. The van der Waals surface area contributed by atoms with Crippen LogP contribution < -0.4 is 4.74 Å². The first kappa shape index (κ1) is 32.5. The standard InChI is InChI=1S/C31H28F5N5O5/c1-3-10-43-12-13-45-30(42)28(41-17-25-24(16-37-41)38-29(39-25)20-6-5-7-22(32)27(20)33)26-15-23(40-46-26)19-9-8-18(44-11-4-2)14-21(19)31(34,35)36/h5-9,14-17,28H,3-4,10-13H2,1-2H3. The van der Waals surface area contributed by atoms with Crippen LogP contribution in [0.2, 0.25) is 0 Å². The Morgan fingerprint density at radius 3 is 2.48 bits per heavy atom. The maximum absolute atomic E-state index is 14.4. The number of alkyl halides is 3. The van der Waals surface area contributed by atoms with Gasteiger partial charge in [-0.1, -0.05) is 25.1 Å². The molecule has 0 fully saturated rings. The molecule has 1 aromatic heterocycles. The molecule has 0 bridgehead atoms. The summed E-state index contributed by atoms with van der Waals surface area (Å²) in [6, 6.07) is 6.75. The van der Waals surface area contributed by atoms with Crippen molar-refractivity contribution in [1.29, 1.82) is 0 Å². The summed E-state index contributed by atoms with van der Waals surface area (Å²) < 4.78 is 93.1. The molecule has 15 heteroatoms. The molecule has 5 rings (SSSR count). The molecule has 2 aliphatic heterocycles. The third-order valence-electron chi connectivity index (χ3n) is 6.63. The Balaban J connectivity index is 1.52. The van der Waals surface area contributed by atoms with Crippen molar-refractivity contribution < 1.29 is 45.5 Å². The lowest BCUT2D eigenvalue weighted by Gasteiger charge is -2.16. The first-order chi connectivity index (χ1) is 22.1. The van der Waals surface area contributed by atoms with E-state index in [1.165, 1.54) is 42.7 Å². The molecule has 2 aliphatic rings. The highest BCUT2D eigenvalue weighted by Crippen LogP contribution is 2.40. The number of benzene rings is 2. The zero-order valence-corrected chi connectivity index (χ0v) is 24.7. The molecule has 0 N–H and O–H groups in total. The first-order valence-electron chi connectivity index (χ1n) is 14.3. The number of esters is 1. The van der Waals surface area contributed by atoms with Crippen LogP contribution in [0.3, 0.4) is 0 Å². The van der Waals surface area contributed by atoms with Gasteiger partial charge in [-0.25, -0.2) is 28.2 Å². The molecular formula is C31H28F5N5O5. The van der Waals surface area contributed by atoms with Gasteiger partial charge < -0.3 is 18.7 Å². The van der Waals surface area contributed by atoms with E-state index in [9.17, 15) is 26.7 Å². The van der Waals surface area contributed by atoms with E-state index in [4.69, 9.17) is 18.7 Å². The van der Waals surface area contributed by atoms with Crippen molar-refractivity contribution in [3.63, 3.8) is 0 Å².